The molecule has 2 aliphatic carbocycles. The number of benzene rings is 1. The summed E-state index contributed by atoms with van der Waals surface area (Å²) in [5.74, 6) is -2.01. The summed E-state index contributed by atoms with van der Waals surface area (Å²) in [5.41, 5.74) is -0.469. The molecule has 0 unspecified atom stereocenters. The topological polar surface area (TPSA) is 107 Å². The minimum atomic E-state index is -4.61. The normalized spacial score (nSPS) is 19.1. The maximum absolute atomic E-state index is 13.4. The van der Waals surface area contributed by atoms with Crippen molar-refractivity contribution in [2.24, 2.45) is 24.3 Å². The summed E-state index contributed by atoms with van der Waals surface area (Å²) in [5, 5.41) is 5.77. The van der Waals surface area contributed by atoms with Gasteiger partial charge in [0.2, 0.25) is 17.7 Å². The van der Waals surface area contributed by atoms with Gasteiger partial charge in [0, 0.05) is 27.1 Å². The number of Topliss-reactive ketones (excluding diaryl/α,β-unsaturated/α-hetero) is 1. The third kappa shape index (κ3) is 8.42. The quantitative estimate of drug-likeness (QED) is 0.0987. The van der Waals surface area contributed by atoms with Crippen molar-refractivity contribution in [3.8, 4) is 5.88 Å². The molecule has 0 saturated heterocycles. The van der Waals surface area contributed by atoms with Gasteiger partial charge in [0.05, 0.1) is 28.8 Å². The minimum Gasteiger partial charge on any atom is -0.475 e. The number of aryl methyl sites for hydroxylation is 1. The van der Waals surface area contributed by atoms with Gasteiger partial charge in [-0.1, -0.05) is 24.1 Å². The van der Waals surface area contributed by atoms with Crippen LogP contribution in [0.4, 0.5) is 38.0 Å². The molecule has 2 fully saturated rings. The average molecular weight is 718 g/mol. The first-order valence-corrected chi connectivity index (χ1v) is 16.5. The van der Waals surface area contributed by atoms with Crippen LogP contribution in [0.25, 0.3) is 11.2 Å². The van der Waals surface area contributed by atoms with Gasteiger partial charge in [-0.25, -0.2) is 4.98 Å². The number of fused-ring (bicyclic) bond motifs is 1. The molecule has 1 amide bonds. The highest BCUT2D eigenvalue weighted by molar-refractivity contribution is 6.33. The number of anilines is 2. The van der Waals surface area contributed by atoms with Crippen molar-refractivity contribution >= 4 is 46.1 Å². The molecule has 5 rings (SSSR count). The Morgan fingerprint density at radius 1 is 1.04 bits per heavy atom. The molecule has 2 N–H and O–H groups in total. The van der Waals surface area contributed by atoms with Crippen LogP contribution in [-0.2, 0) is 23.1 Å². The number of rotatable bonds is 14. The fraction of sp³-hybridized carbons (Fsp3) is 0.576. The highest BCUT2D eigenvalue weighted by atomic mass is 35.5. The lowest BCUT2D eigenvalue weighted by atomic mass is 9.79. The van der Waals surface area contributed by atoms with Gasteiger partial charge in [-0.3, -0.25) is 14.2 Å². The lowest BCUT2D eigenvalue weighted by Crippen LogP contribution is -2.40. The third-order valence-electron chi connectivity index (χ3n) is 9.42. The summed E-state index contributed by atoms with van der Waals surface area (Å²) in [6.07, 6.45) is -6.72. The first kappa shape index (κ1) is 36.7. The Hall–Kier alpha value is -3.59. The highest BCUT2D eigenvalue weighted by Gasteiger charge is 2.68. The zero-order chi connectivity index (χ0) is 35.6. The molecule has 3 aromatic rings. The summed E-state index contributed by atoms with van der Waals surface area (Å²) in [6, 6.07) is 6.30. The van der Waals surface area contributed by atoms with Crippen molar-refractivity contribution in [1.29, 1.82) is 0 Å². The molecular weight excluding hydrogens is 680 g/mol. The van der Waals surface area contributed by atoms with Crippen LogP contribution >= 0.6 is 11.6 Å². The smallest absolute Gasteiger partial charge is 0.403 e. The summed E-state index contributed by atoms with van der Waals surface area (Å²) < 4.78 is 91.6. The Kier molecular flexibility index (Phi) is 11.0. The largest absolute Gasteiger partial charge is 0.475 e. The monoisotopic (exact) mass is 717 g/mol. The number of ether oxygens (including phenoxy) is 2. The average Bonchev–Trinajstić information content (AvgIpc) is 3.82. The van der Waals surface area contributed by atoms with Crippen molar-refractivity contribution in [3.05, 3.63) is 40.4 Å². The van der Waals surface area contributed by atoms with Crippen LogP contribution in [0.1, 0.15) is 73.7 Å². The second-order valence-corrected chi connectivity index (χ2v) is 13.2. The molecule has 2 aliphatic rings. The van der Waals surface area contributed by atoms with Crippen molar-refractivity contribution < 1.29 is 45.4 Å². The van der Waals surface area contributed by atoms with Gasteiger partial charge < -0.3 is 20.1 Å². The van der Waals surface area contributed by atoms with Gasteiger partial charge in [0.25, 0.3) is 0 Å². The van der Waals surface area contributed by atoms with Crippen molar-refractivity contribution in [2.75, 3.05) is 25.6 Å². The van der Waals surface area contributed by atoms with E-state index in [1.807, 2.05) is 0 Å². The summed E-state index contributed by atoms with van der Waals surface area (Å²) in [6.45, 7) is 0.234. The lowest BCUT2D eigenvalue weighted by molar-refractivity contribution is -0.192. The number of nitrogens with zero attached hydrogens (tertiary/aromatic N) is 3. The standard InChI is InChI=1S/C33H38ClF6N5O4/c1-45-27-25(43-30(45)42-24-16-20(8-11-23(24)34)18-41-29(47)31(12-13-31)33(38,39)40)17-22(28(44-27)49-15-14-48-2)26(46)5-3-4-19-6-9-21(10-7-19)32(35,36)37/h8,11,16-17,19,21H,3-7,9-10,12-15,18H2,1-2H3,(H,41,47)(H,42,43). The van der Waals surface area contributed by atoms with Crippen LogP contribution in [0, 0.1) is 17.3 Å². The molecule has 0 aliphatic heterocycles. The second kappa shape index (κ2) is 14.7. The van der Waals surface area contributed by atoms with Crippen LogP contribution in [0.5, 0.6) is 5.88 Å². The minimum absolute atomic E-state index is 0.0952. The molecule has 2 saturated carbocycles. The van der Waals surface area contributed by atoms with E-state index in [4.69, 9.17) is 21.1 Å². The first-order valence-electron chi connectivity index (χ1n) is 16.1. The Balaban J connectivity index is 1.28. The molecule has 2 aromatic heterocycles. The van der Waals surface area contributed by atoms with E-state index in [2.05, 4.69) is 20.6 Å². The van der Waals surface area contributed by atoms with Crippen LogP contribution in [-0.4, -0.2) is 58.9 Å². The number of hydrogen-bond donors (Lipinski definition) is 2. The molecule has 1 aromatic carbocycles. The first-order chi connectivity index (χ1) is 23.1. The Morgan fingerprint density at radius 3 is 2.39 bits per heavy atom. The molecule has 268 valence electrons. The number of halogens is 7. The fourth-order valence-corrected chi connectivity index (χ4v) is 6.38. The van der Waals surface area contributed by atoms with Gasteiger partial charge >= 0.3 is 12.4 Å². The van der Waals surface area contributed by atoms with E-state index in [1.54, 1.807) is 35.9 Å². The summed E-state index contributed by atoms with van der Waals surface area (Å²) >= 11 is 6.42. The maximum Gasteiger partial charge on any atom is 0.403 e. The Bertz CT molecular complexity index is 1670. The van der Waals surface area contributed by atoms with Gasteiger partial charge in [0.1, 0.15) is 17.5 Å². The predicted molar refractivity (Wildman–Crippen MR) is 170 cm³/mol. The summed E-state index contributed by atoms with van der Waals surface area (Å²) in [4.78, 5) is 34.9. The van der Waals surface area contributed by atoms with Crippen molar-refractivity contribution in [1.82, 2.24) is 19.9 Å². The van der Waals surface area contributed by atoms with E-state index in [-0.39, 0.29) is 80.0 Å². The van der Waals surface area contributed by atoms with Gasteiger partial charge in [-0.15, -0.1) is 0 Å². The third-order valence-corrected chi connectivity index (χ3v) is 9.75. The molecule has 0 radical (unpaired) electrons. The van der Waals surface area contributed by atoms with E-state index in [9.17, 15) is 35.9 Å². The number of aromatic nitrogens is 3. The Morgan fingerprint density at radius 2 is 1.76 bits per heavy atom. The number of alkyl halides is 6. The molecule has 0 spiro atoms. The van der Waals surface area contributed by atoms with Crippen molar-refractivity contribution in [3.63, 3.8) is 0 Å². The van der Waals surface area contributed by atoms with Crippen LogP contribution < -0.4 is 15.4 Å². The second-order valence-electron chi connectivity index (χ2n) is 12.8. The molecule has 16 heteroatoms. The van der Waals surface area contributed by atoms with Crippen LogP contribution in [0.2, 0.25) is 5.02 Å². The Labute approximate surface area is 284 Å². The molecule has 2 heterocycles. The van der Waals surface area contributed by atoms with Crippen LogP contribution in [0.15, 0.2) is 24.3 Å². The number of carbonyl (C=O) groups is 2. The van der Waals surface area contributed by atoms with Gasteiger partial charge in [-0.05, 0) is 74.6 Å². The number of methoxy groups -OCH3 is 1. The van der Waals surface area contributed by atoms with Crippen molar-refractivity contribution in [2.45, 2.75) is 76.7 Å². The van der Waals surface area contributed by atoms with Gasteiger partial charge in [-0.2, -0.15) is 31.3 Å². The lowest BCUT2D eigenvalue weighted by Gasteiger charge is -2.29. The molecule has 49 heavy (non-hydrogen) atoms. The number of amides is 1. The van der Waals surface area contributed by atoms with E-state index in [0.29, 0.717) is 54.0 Å². The van der Waals surface area contributed by atoms with Gasteiger partial charge in [0.15, 0.2) is 11.4 Å². The number of ketones is 1. The SMILES string of the molecule is COCCOc1nc2c(cc1C(=O)CCCC1CCC(C(F)(F)F)CC1)nc(Nc1cc(CNC(=O)C3(C(F)(F)F)CC3)ccc1Cl)n2C. The number of hydrogen-bond acceptors (Lipinski definition) is 7. The summed E-state index contributed by atoms with van der Waals surface area (Å²) in [7, 11) is 3.19. The molecular formula is C33H38ClF6N5O4. The van der Waals surface area contributed by atoms with E-state index in [0.717, 1.165) is 0 Å². The van der Waals surface area contributed by atoms with E-state index < -0.39 is 29.6 Å². The van der Waals surface area contributed by atoms with Crippen LogP contribution in [0.3, 0.4) is 0 Å². The van der Waals surface area contributed by atoms with E-state index in [1.165, 1.54) is 7.11 Å². The fourth-order valence-electron chi connectivity index (χ4n) is 6.22. The van der Waals surface area contributed by atoms with E-state index >= 15 is 0 Å². The predicted octanol–water partition coefficient (Wildman–Crippen LogP) is 8.07. The molecule has 0 atom stereocenters. The zero-order valence-corrected chi connectivity index (χ0v) is 27.8. The highest BCUT2D eigenvalue weighted by Crippen LogP contribution is 2.57. The zero-order valence-electron chi connectivity index (χ0n) is 27.1. The maximum atomic E-state index is 13.4. The molecule has 9 nitrogen and oxygen atoms in total. The number of nitrogens with one attached hydrogen (secondary N) is 2. The number of pyridine rings is 1. The number of imidazole rings is 1. The number of carbonyl (C=O) groups excluding carboxylic acids is 2. The molecule has 0 bridgehead atoms.